The molecule has 3 heteroatoms. The lowest BCUT2D eigenvalue weighted by Crippen LogP contribution is -1.97. The fraction of sp³-hybridized carbons (Fsp3) is 0. The van der Waals surface area contributed by atoms with Gasteiger partial charge in [-0.1, -0.05) is 121 Å². The second-order valence-electron chi connectivity index (χ2n) is 11.7. The Morgan fingerprint density at radius 3 is 1.96 bits per heavy atom. The number of nitrogens with zero attached hydrogens (tertiary/aromatic N) is 2. The molecule has 0 N–H and O–H groups in total. The number of thiophene rings is 1. The van der Waals surface area contributed by atoms with Gasteiger partial charge in [0.1, 0.15) is 0 Å². The topological polar surface area (TPSA) is 25.8 Å². The molecule has 45 heavy (non-hydrogen) atoms. The van der Waals surface area contributed by atoms with Crippen LogP contribution in [0.2, 0.25) is 0 Å². The van der Waals surface area contributed by atoms with E-state index in [2.05, 4.69) is 146 Å². The molecule has 0 atom stereocenters. The molecule has 2 nitrogen and oxygen atoms in total. The molecular formula is C42H24N2S. The van der Waals surface area contributed by atoms with E-state index in [1.165, 1.54) is 64.3 Å². The van der Waals surface area contributed by atoms with E-state index in [-0.39, 0.29) is 0 Å². The van der Waals surface area contributed by atoms with Crippen LogP contribution in [-0.2, 0) is 0 Å². The summed E-state index contributed by atoms with van der Waals surface area (Å²) in [6.07, 6.45) is 0. The van der Waals surface area contributed by atoms with Crippen LogP contribution < -0.4 is 0 Å². The Kier molecular flexibility index (Phi) is 5.19. The van der Waals surface area contributed by atoms with Crippen molar-refractivity contribution in [3.8, 4) is 56.0 Å². The second kappa shape index (κ2) is 9.43. The molecule has 0 fully saturated rings. The van der Waals surface area contributed by atoms with Gasteiger partial charge in [0, 0.05) is 42.2 Å². The Bertz CT molecular complexity index is 2640. The summed E-state index contributed by atoms with van der Waals surface area (Å²) in [7, 11) is 0. The van der Waals surface area contributed by atoms with E-state index in [4.69, 9.17) is 9.97 Å². The Hall–Kier alpha value is -5.64. The monoisotopic (exact) mass is 588 g/mol. The first-order chi connectivity index (χ1) is 22.3. The number of fused-ring (bicyclic) bond motifs is 7. The molecule has 1 aliphatic rings. The number of para-hydroxylation sites is 1. The summed E-state index contributed by atoms with van der Waals surface area (Å²) in [4.78, 5) is 10.6. The summed E-state index contributed by atoms with van der Waals surface area (Å²) in [5, 5.41) is 6.21. The van der Waals surface area contributed by atoms with Crippen molar-refractivity contribution >= 4 is 53.2 Å². The molecule has 2 heterocycles. The summed E-state index contributed by atoms with van der Waals surface area (Å²) in [6, 6.07) is 52.3. The van der Waals surface area contributed by atoms with E-state index in [1.54, 1.807) is 0 Å². The van der Waals surface area contributed by atoms with Crippen LogP contribution in [0.3, 0.4) is 0 Å². The molecule has 1 aliphatic carbocycles. The van der Waals surface area contributed by atoms with Crippen LogP contribution in [0.1, 0.15) is 0 Å². The zero-order valence-electron chi connectivity index (χ0n) is 24.2. The minimum absolute atomic E-state index is 0.751. The van der Waals surface area contributed by atoms with Gasteiger partial charge in [-0.05, 0) is 62.9 Å². The normalized spacial score (nSPS) is 12.0. The van der Waals surface area contributed by atoms with E-state index >= 15 is 0 Å². The van der Waals surface area contributed by atoms with E-state index in [0.717, 1.165) is 33.5 Å². The van der Waals surface area contributed by atoms with Crippen LogP contribution >= 0.6 is 11.3 Å². The van der Waals surface area contributed by atoms with Gasteiger partial charge in [-0.2, -0.15) is 0 Å². The van der Waals surface area contributed by atoms with Crippen molar-refractivity contribution in [2.45, 2.75) is 0 Å². The van der Waals surface area contributed by atoms with Crippen molar-refractivity contribution in [1.82, 2.24) is 9.97 Å². The molecular weight excluding hydrogens is 565 g/mol. The second-order valence-corrected chi connectivity index (χ2v) is 12.8. The third kappa shape index (κ3) is 3.62. The van der Waals surface area contributed by atoms with Crippen molar-refractivity contribution in [3.63, 3.8) is 0 Å². The van der Waals surface area contributed by atoms with Crippen molar-refractivity contribution in [2.24, 2.45) is 0 Å². The minimum Gasteiger partial charge on any atom is -0.228 e. The van der Waals surface area contributed by atoms with Crippen LogP contribution in [0.4, 0.5) is 0 Å². The summed E-state index contributed by atoms with van der Waals surface area (Å²) in [5.74, 6) is 0.751. The number of benzene rings is 7. The maximum Gasteiger partial charge on any atom is 0.161 e. The van der Waals surface area contributed by atoms with Crippen molar-refractivity contribution < 1.29 is 0 Å². The Balaban J connectivity index is 1.26. The average Bonchev–Trinajstić information content (AvgIpc) is 3.65. The molecule has 0 spiro atoms. The molecule has 2 aromatic heterocycles. The van der Waals surface area contributed by atoms with Crippen molar-refractivity contribution in [2.75, 3.05) is 0 Å². The molecule has 9 aromatic rings. The quantitative estimate of drug-likeness (QED) is 0.205. The SMILES string of the molecule is c1ccc(-c2ccc(-c3nc(-c4ccc5c(c4)sc4ccccc45)c4ccccc4n3)c3c2-c2cccc4cccc-3c24)cc1. The molecule has 208 valence electrons. The summed E-state index contributed by atoms with van der Waals surface area (Å²) < 4.78 is 2.58. The van der Waals surface area contributed by atoms with Gasteiger partial charge < -0.3 is 0 Å². The maximum atomic E-state index is 5.40. The summed E-state index contributed by atoms with van der Waals surface area (Å²) in [5.41, 5.74) is 11.5. The van der Waals surface area contributed by atoms with Gasteiger partial charge >= 0.3 is 0 Å². The third-order valence-electron chi connectivity index (χ3n) is 9.23. The van der Waals surface area contributed by atoms with Crippen LogP contribution in [0.5, 0.6) is 0 Å². The molecule has 0 aliphatic heterocycles. The van der Waals surface area contributed by atoms with Gasteiger partial charge in [0.2, 0.25) is 0 Å². The number of aromatic nitrogens is 2. The first-order valence-electron chi connectivity index (χ1n) is 15.3. The number of hydrogen-bond acceptors (Lipinski definition) is 3. The Morgan fingerprint density at radius 2 is 1.11 bits per heavy atom. The van der Waals surface area contributed by atoms with E-state index in [1.807, 2.05) is 11.3 Å². The molecule has 10 rings (SSSR count). The van der Waals surface area contributed by atoms with Gasteiger partial charge in [-0.15, -0.1) is 11.3 Å². The van der Waals surface area contributed by atoms with Crippen LogP contribution in [0.25, 0.3) is 97.9 Å². The zero-order chi connectivity index (χ0) is 29.5. The van der Waals surface area contributed by atoms with Gasteiger partial charge in [0.25, 0.3) is 0 Å². The Morgan fingerprint density at radius 1 is 0.422 bits per heavy atom. The highest BCUT2D eigenvalue weighted by Crippen LogP contribution is 2.54. The maximum absolute atomic E-state index is 5.40. The Labute approximate surface area is 263 Å². The molecule has 0 radical (unpaired) electrons. The molecule has 0 saturated heterocycles. The lowest BCUT2D eigenvalue weighted by molar-refractivity contribution is 1.23. The van der Waals surface area contributed by atoms with Gasteiger partial charge in [0.15, 0.2) is 5.82 Å². The lowest BCUT2D eigenvalue weighted by atomic mass is 9.90. The standard InChI is InChI=1S/C42H24N2S/c1-2-10-25(11-3-1)28-22-23-34(40-33-17-9-13-26-12-8-16-32(38(26)33)39(28)40)42-43-35-18-6-4-15-31(35)41(44-42)27-20-21-30-29-14-5-7-19-36(29)45-37(30)24-27/h1-24H. The highest BCUT2D eigenvalue weighted by atomic mass is 32.1. The van der Waals surface area contributed by atoms with Gasteiger partial charge in [0.05, 0.1) is 11.2 Å². The molecule has 0 unspecified atom stereocenters. The minimum atomic E-state index is 0.751. The van der Waals surface area contributed by atoms with Crippen molar-refractivity contribution in [3.05, 3.63) is 146 Å². The summed E-state index contributed by atoms with van der Waals surface area (Å²) >= 11 is 1.84. The van der Waals surface area contributed by atoms with E-state index in [0.29, 0.717) is 0 Å². The predicted octanol–water partition coefficient (Wildman–Crippen LogP) is 11.8. The first kappa shape index (κ1) is 24.8. The van der Waals surface area contributed by atoms with E-state index in [9.17, 15) is 0 Å². The third-order valence-corrected chi connectivity index (χ3v) is 10.4. The largest absolute Gasteiger partial charge is 0.228 e. The molecule has 7 aromatic carbocycles. The fourth-order valence-corrected chi connectivity index (χ4v) is 8.40. The highest BCUT2D eigenvalue weighted by molar-refractivity contribution is 7.25. The molecule has 0 bridgehead atoms. The summed E-state index contributed by atoms with van der Waals surface area (Å²) in [6.45, 7) is 0. The lowest BCUT2D eigenvalue weighted by Gasteiger charge is -2.16. The smallest absolute Gasteiger partial charge is 0.161 e. The number of hydrogen-bond donors (Lipinski definition) is 0. The fourth-order valence-electron chi connectivity index (χ4n) is 7.25. The van der Waals surface area contributed by atoms with E-state index < -0.39 is 0 Å². The number of rotatable bonds is 3. The van der Waals surface area contributed by atoms with Crippen LogP contribution in [-0.4, -0.2) is 9.97 Å². The van der Waals surface area contributed by atoms with Crippen LogP contribution in [0.15, 0.2) is 146 Å². The van der Waals surface area contributed by atoms with Crippen molar-refractivity contribution in [1.29, 1.82) is 0 Å². The molecule has 0 amide bonds. The zero-order valence-corrected chi connectivity index (χ0v) is 25.0. The average molecular weight is 589 g/mol. The van der Waals surface area contributed by atoms with Crippen LogP contribution in [0, 0.1) is 0 Å². The van der Waals surface area contributed by atoms with Gasteiger partial charge in [-0.3, -0.25) is 0 Å². The van der Waals surface area contributed by atoms with Gasteiger partial charge in [-0.25, -0.2) is 9.97 Å². The molecule has 0 saturated carbocycles. The predicted molar refractivity (Wildman–Crippen MR) is 191 cm³/mol. The highest BCUT2D eigenvalue weighted by Gasteiger charge is 2.28. The first-order valence-corrected chi connectivity index (χ1v) is 16.1.